The fraction of sp³-hybridized carbons (Fsp3) is 0.158. The average Bonchev–Trinajstić information content (AvgIpc) is 2.84. The number of halogens is 1. The molecule has 3 rings (SSSR count). The molecular formula is C19H16BrNO3S. The predicted octanol–water partition coefficient (Wildman–Crippen LogP) is 4.87. The van der Waals surface area contributed by atoms with Crippen LogP contribution in [0.5, 0.6) is 5.75 Å². The Bertz CT molecular complexity index is 833. The van der Waals surface area contributed by atoms with Crippen molar-refractivity contribution in [1.82, 2.24) is 4.90 Å². The quantitative estimate of drug-likeness (QED) is 0.650. The summed E-state index contributed by atoms with van der Waals surface area (Å²) < 4.78 is 6.53. The number of amides is 2. The van der Waals surface area contributed by atoms with Crippen LogP contribution in [0.2, 0.25) is 0 Å². The summed E-state index contributed by atoms with van der Waals surface area (Å²) in [5, 5.41) is -0.265. The van der Waals surface area contributed by atoms with Gasteiger partial charge in [0.05, 0.1) is 11.4 Å². The van der Waals surface area contributed by atoms with E-state index in [1.807, 2.05) is 55.5 Å². The lowest BCUT2D eigenvalue weighted by molar-refractivity contribution is -0.123. The van der Waals surface area contributed by atoms with Crippen molar-refractivity contribution in [3.05, 3.63) is 69.0 Å². The Morgan fingerprint density at radius 2 is 1.92 bits per heavy atom. The summed E-state index contributed by atoms with van der Waals surface area (Å²) in [6, 6.07) is 15.2. The minimum Gasteiger partial charge on any atom is -0.492 e. The minimum absolute atomic E-state index is 0.231. The molecule has 25 heavy (non-hydrogen) atoms. The second kappa shape index (κ2) is 7.89. The predicted molar refractivity (Wildman–Crippen MR) is 103 cm³/mol. The molecule has 0 aromatic heterocycles. The minimum atomic E-state index is -0.275. The number of rotatable bonds is 5. The normalized spacial score (nSPS) is 15.9. The third kappa shape index (κ3) is 4.52. The smallest absolute Gasteiger partial charge is 0.293 e. The summed E-state index contributed by atoms with van der Waals surface area (Å²) in [5.74, 6) is 0.449. The van der Waals surface area contributed by atoms with Gasteiger partial charge in [0, 0.05) is 4.47 Å². The van der Waals surface area contributed by atoms with E-state index in [4.69, 9.17) is 4.74 Å². The molecule has 2 aromatic carbocycles. The van der Waals surface area contributed by atoms with Crippen LogP contribution in [0, 0.1) is 6.92 Å². The van der Waals surface area contributed by atoms with Crippen molar-refractivity contribution in [1.29, 1.82) is 0 Å². The molecule has 128 valence electrons. The van der Waals surface area contributed by atoms with Crippen LogP contribution in [0.3, 0.4) is 0 Å². The molecule has 0 bridgehead atoms. The number of benzene rings is 2. The second-order valence-electron chi connectivity index (χ2n) is 5.55. The summed E-state index contributed by atoms with van der Waals surface area (Å²) in [5.41, 5.74) is 2.02. The molecule has 0 saturated carbocycles. The second-order valence-corrected chi connectivity index (χ2v) is 7.46. The van der Waals surface area contributed by atoms with E-state index in [1.165, 1.54) is 4.90 Å². The first-order chi connectivity index (χ1) is 12.0. The first-order valence-electron chi connectivity index (χ1n) is 7.73. The molecule has 2 amide bonds. The molecule has 0 unspecified atom stereocenters. The molecule has 0 spiro atoms. The molecule has 0 radical (unpaired) electrons. The van der Waals surface area contributed by atoms with Gasteiger partial charge in [-0.25, -0.2) is 0 Å². The van der Waals surface area contributed by atoms with Crippen LogP contribution in [-0.4, -0.2) is 29.2 Å². The van der Waals surface area contributed by atoms with Crippen molar-refractivity contribution in [2.75, 3.05) is 13.2 Å². The first-order valence-corrected chi connectivity index (χ1v) is 9.34. The molecule has 4 nitrogen and oxygen atoms in total. The zero-order valence-corrected chi connectivity index (χ0v) is 16.0. The lowest BCUT2D eigenvalue weighted by atomic mass is 10.2. The number of imide groups is 1. The van der Waals surface area contributed by atoms with Crippen LogP contribution in [-0.2, 0) is 4.79 Å². The third-order valence-electron chi connectivity index (χ3n) is 3.62. The van der Waals surface area contributed by atoms with Crippen LogP contribution in [0.4, 0.5) is 4.79 Å². The topological polar surface area (TPSA) is 46.6 Å². The first kappa shape index (κ1) is 17.8. The van der Waals surface area contributed by atoms with Crippen molar-refractivity contribution in [3.63, 3.8) is 0 Å². The van der Waals surface area contributed by atoms with Crippen molar-refractivity contribution in [2.24, 2.45) is 0 Å². The van der Waals surface area contributed by atoms with Crippen LogP contribution < -0.4 is 4.74 Å². The summed E-state index contributed by atoms with van der Waals surface area (Å²) in [4.78, 5) is 26.2. The Balaban J connectivity index is 1.62. The van der Waals surface area contributed by atoms with E-state index in [2.05, 4.69) is 15.9 Å². The van der Waals surface area contributed by atoms with Gasteiger partial charge in [0.15, 0.2) is 0 Å². The maximum atomic E-state index is 12.4. The van der Waals surface area contributed by atoms with Gasteiger partial charge in [0.2, 0.25) is 0 Å². The van der Waals surface area contributed by atoms with E-state index in [0.29, 0.717) is 4.91 Å². The monoisotopic (exact) mass is 417 g/mol. The summed E-state index contributed by atoms with van der Waals surface area (Å²) >= 11 is 4.35. The highest BCUT2D eigenvalue weighted by Gasteiger charge is 2.34. The SMILES string of the molecule is Cc1ccc(OCCN2C(=O)S/C(=C\c3cccc(Br)c3)C2=O)cc1. The van der Waals surface area contributed by atoms with E-state index in [-0.39, 0.29) is 24.3 Å². The standard InChI is InChI=1S/C19H16BrNO3S/c1-13-5-7-16(8-6-13)24-10-9-21-18(22)17(25-19(21)23)12-14-3-2-4-15(20)11-14/h2-8,11-12H,9-10H2,1H3/b17-12-. The maximum absolute atomic E-state index is 12.4. The highest BCUT2D eigenvalue weighted by Crippen LogP contribution is 2.32. The number of aryl methyl sites for hydroxylation is 1. The molecule has 1 heterocycles. The largest absolute Gasteiger partial charge is 0.492 e. The van der Waals surface area contributed by atoms with Crippen molar-refractivity contribution in [2.45, 2.75) is 6.92 Å². The van der Waals surface area contributed by atoms with E-state index < -0.39 is 0 Å². The number of carbonyl (C=O) groups excluding carboxylic acids is 2. The Labute approximate surface area is 159 Å². The molecule has 1 fully saturated rings. The fourth-order valence-corrected chi connectivity index (χ4v) is 3.61. The molecule has 0 aliphatic carbocycles. The highest BCUT2D eigenvalue weighted by molar-refractivity contribution is 9.10. The Hall–Kier alpha value is -2.05. The Morgan fingerprint density at radius 1 is 1.16 bits per heavy atom. The third-order valence-corrected chi connectivity index (χ3v) is 5.03. The molecule has 1 aliphatic rings. The zero-order chi connectivity index (χ0) is 17.8. The fourth-order valence-electron chi connectivity index (χ4n) is 2.33. The van der Waals surface area contributed by atoms with Crippen molar-refractivity contribution in [3.8, 4) is 5.75 Å². The van der Waals surface area contributed by atoms with Gasteiger partial charge in [-0.15, -0.1) is 0 Å². The number of nitrogens with zero attached hydrogens (tertiary/aromatic N) is 1. The van der Waals surface area contributed by atoms with Gasteiger partial charge in [-0.2, -0.15) is 0 Å². The zero-order valence-electron chi connectivity index (χ0n) is 13.6. The van der Waals surface area contributed by atoms with Crippen LogP contribution in [0.15, 0.2) is 57.9 Å². The summed E-state index contributed by atoms with van der Waals surface area (Å²) in [6.45, 7) is 2.50. The average molecular weight is 418 g/mol. The van der Waals surface area contributed by atoms with Gasteiger partial charge >= 0.3 is 0 Å². The number of hydrogen-bond acceptors (Lipinski definition) is 4. The van der Waals surface area contributed by atoms with E-state index in [1.54, 1.807) is 6.08 Å². The van der Waals surface area contributed by atoms with Gasteiger partial charge in [-0.1, -0.05) is 45.8 Å². The Morgan fingerprint density at radius 3 is 2.64 bits per heavy atom. The molecule has 6 heteroatoms. The number of ether oxygens (including phenoxy) is 1. The van der Waals surface area contributed by atoms with Gasteiger partial charge in [0.1, 0.15) is 12.4 Å². The molecule has 1 aliphatic heterocycles. The molecule has 0 atom stereocenters. The van der Waals surface area contributed by atoms with Gasteiger partial charge < -0.3 is 4.74 Å². The van der Waals surface area contributed by atoms with Crippen molar-refractivity contribution < 1.29 is 14.3 Å². The lowest BCUT2D eigenvalue weighted by Crippen LogP contribution is -2.32. The molecule has 2 aromatic rings. The summed E-state index contributed by atoms with van der Waals surface area (Å²) in [6.07, 6.45) is 1.73. The molecular weight excluding hydrogens is 402 g/mol. The Kier molecular flexibility index (Phi) is 5.60. The number of carbonyl (C=O) groups is 2. The number of thioether (sulfide) groups is 1. The van der Waals surface area contributed by atoms with Crippen LogP contribution >= 0.6 is 27.7 Å². The molecule has 0 N–H and O–H groups in total. The van der Waals surface area contributed by atoms with Crippen LogP contribution in [0.1, 0.15) is 11.1 Å². The van der Waals surface area contributed by atoms with E-state index in [9.17, 15) is 9.59 Å². The van der Waals surface area contributed by atoms with Crippen LogP contribution in [0.25, 0.3) is 6.08 Å². The lowest BCUT2D eigenvalue weighted by Gasteiger charge is -2.13. The van der Waals surface area contributed by atoms with Gasteiger partial charge in [-0.05, 0) is 54.6 Å². The van der Waals surface area contributed by atoms with Crippen molar-refractivity contribution >= 4 is 44.9 Å². The van der Waals surface area contributed by atoms with E-state index >= 15 is 0 Å². The number of hydrogen-bond donors (Lipinski definition) is 0. The summed E-state index contributed by atoms with van der Waals surface area (Å²) in [7, 11) is 0. The molecule has 1 saturated heterocycles. The maximum Gasteiger partial charge on any atom is 0.293 e. The highest BCUT2D eigenvalue weighted by atomic mass is 79.9. The van der Waals surface area contributed by atoms with Gasteiger partial charge in [-0.3, -0.25) is 14.5 Å². The van der Waals surface area contributed by atoms with E-state index in [0.717, 1.165) is 33.1 Å². The van der Waals surface area contributed by atoms with Gasteiger partial charge in [0.25, 0.3) is 11.1 Å².